The van der Waals surface area contributed by atoms with Gasteiger partial charge in [-0.3, -0.25) is 4.74 Å². The number of rotatable bonds is 4. The van der Waals surface area contributed by atoms with Crippen LogP contribution in [-0.4, -0.2) is 18.7 Å². The van der Waals surface area contributed by atoms with Crippen LogP contribution in [0.3, 0.4) is 0 Å². The molecule has 7 heteroatoms. The highest BCUT2D eigenvalue weighted by Gasteiger charge is 2.28. The Morgan fingerprint density at radius 2 is 2.06 bits per heavy atom. The van der Waals surface area contributed by atoms with Crippen molar-refractivity contribution >= 4 is 29.1 Å². The van der Waals surface area contributed by atoms with Crippen molar-refractivity contribution in [2.24, 2.45) is 0 Å². The molecule has 90 valence electrons. The molecule has 2 N–H and O–H groups in total. The summed E-state index contributed by atoms with van der Waals surface area (Å²) in [5, 5.41) is 0.390. The van der Waals surface area contributed by atoms with E-state index in [2.05, 4.69) is 4.74 Å². The Kier molecular flexibility index (Phi) is 4.76. The largest absolute Gasteiger partial charge is 0.522 e. The van der Waals surface area contributed by atoms with Gasteiger partial charge in [0.15, 0.2) is 0 Å². The van der Waals surface area contributed by atoms with E-state index in [-0.39, 0.29) is 5.75 Å². The Morgan fingerprint density at radius 1 is 1.38 bits per heavy atom. The number of thioether (sulfide) groups is 1. The van der Waals surface area contributed by atoms with Crippen LogP contribution >= 0.6 is 23.4 Å². The lowest BCUT2D eigenvalue weighted by molar-refractivity contribution is -0.322. The highest BCUT2D eigenvalue weighted by molar-refractivity contribution is 7.99. The average Bonchev–Trinajstić information content (AvgIpc) is 2.17. The number of halogens is 4. The fourth-order valence-electron chi connectivity index (χ4n) is 0.915. The number of hydrogen-bond acceptors (Lipinski definition) is 3. The Balaban J connectivity index is 2.35. The normalized spacial score (nSPS) is 11.8. The first kappa shape index (κ1) is 13.5. The van der Waals surface area contributed by atoms with Gasteiger partial charge in [-0.25, -0.2) is 0 Å². The van der Waals surface area contributed by atoms with E-state index in [4.69, 9.17) is 17.3 Å². The van der Waals surface area contributed by atoms with Crippen molar-refractivity contribution in [2.75, 3.05) is 18.1 Å². The van der Waals surface area contributed by atoms with E-state index in [0.29, 0.717) is 10.7 Å². The lowest BCUT2D eigenvalue weighted by Crippen LogP contribution is -2.15. The van der Waals surface area contributed by atoms with E-state index in [1.165, 1.54) is 11.8 Å². The summed E-state index contributed by atoms with van der Waals surface area (Å²) >= 11 is 6.97. The van der Waals surface area contributed by atoms with Gasteiger partial charge in [-0.05, 0) is 18.2 Å². The van der Waals surface area contributed by atoms with Crippen molar-refractivity contribution in [1.29, 1.82) is 0 Å². The quantitative estimate of drug-likeness (QED) is 0.517. The van der Waals surface area contributed by atoms with Crippen molar-refractivity contribution in [3.8, 4) is 0 Å². The predicted octanol–water partition coefficient (Wildman–Crippen LogP) is 3.55. The molecule has 0 saturated carbocycles. The zero-order chi connectivity index (χ0) is 12.2. The van der Waals surface area contributed by atoms with E-state index in [9.17, 15) is 13.2 Å². The van der Waals surface area contributed by atoms with Gasteiger partial charge >= 0.3 is 6.36 Å². The molecule has 0 unspecified atom stereocenters. The maximum absolute atomic E-state index is 11.6. The van der Waals surface area contributed by atoms with Gasteiger partial charge in [-0.15, -0.1) is 24.9 Å². The zero-order valence-corrected chi connectivity index (χ0v) is 9.62. The molecule has 0 radical (unpaired) electrons. The van der Waals surface area contributed by atoms with Gasteiger partial charge < -0.3 is 5.73 Å². The van der Waals surface area contributed by atoms with E-state index in [0.717, 1.165) is 4.90 Å². The fraction of sp³-hybridized carbons (Fsp3) is 0.333. The molecule has 0 aliphatic heterocycles. The monoisotopic (exact) mass is 271 g/mol. The first-order valence-corrected chi connectivity index (χ1v) is 5.63. The van der Waals surface area contributed by atoms with Crippen LogP contribution in [0.1, 0.15) is 0 Å². The standard InChI is InChI=1S/C9H9ClF3NOS/c10-7-5-6(1-2-8(7)14)16-4-3-15-9(11,12)13/h1-2,5H,3-4,14H2. The Morgan fingerprint density at radius 3 is 2.62 bits per heavy atom. The van der Waals surface area contributed by atoms with Crippen molar-refractivity contribution in [3.63, 3.8) is 0 Å². The number of anilines is 1. The molecule has 0 saturated heterocycles. The predicted molar refractivity (Wildman–Crippen MR) is 58.6 cm³/mol. The molecule has 0 heterocycles. The lowest BCUT2D eigenvalue weighted by atomic mass is 10.3. The Hall–Kier alpha value is -0.590. The van der Waals surface area contributed by atoms with Gasteiger partial charge in [-0.1, -0.05) is 11.6 Å². The molecule has 16 heavy (non-hydrogen) atoms. The van der Waals surface area contributed by atoms with E-state index in [1.807, 2.05) is 0 Å². The minimum Gasteiger partial charge on any atom is -0.398 e. The van der Waals surface area contributed by atoms with Gasteiger partial charge in [0.05, 0.1) is 17.3 Å². The number of benzene rings is 1. The van der Waals surface area contributed by atoms with Crippen molar-refractivity contribution in [1.82, 2.24) is 0 Å². The maximum atomic E-state index is 11.6. The third-order valence-electron chi connectivity index (χ3n) is 1.59. The highest BCUT2D eigenvalue weighted by Crippen LogP contribution is 2.26. The first-order chi connectivity index (χ1) is 7.38. The Bertz CT molecular complexity index is 359. The van der Waals surface area contributed by atoms with Crippen molar-refractivity contribution in [2.45, 2.75) is 11.3 Å². The number of nitrogens with two attached hydrogens (primary N) is 1. The molecular formula is C9H9ClF3NOS. The molecule has 0 aliphatic carbocycles. The molecule has 0 aliphatic rings. The average molecular weight is 272 g/mol. The van der Waals surface area contributed by atoms with Gasteiger partial charge in [0, 0.05) is 10.6 Å². The molecule has 0 aromatic heterocycles. The summed E-state index contributed by atoms with van der Waals surface area (Å²) in [5.41, 5.74) is 5.93. The molecule has 2 nitrogen and oxygen atoms in total. The van der Waals surface area contributed by atoms with Gasteiger partial charge in [0.1, 0.15) is 0 Å². The summed E-state index contributed by atoms with van der Waals surface area (Å²) in [6.07, 6.45) is -4.57. The number of hydrogen-bond donors (Lipinski definition) is 1. The van der Waals surface area contributed by atoms with Crippen LogP contribution in [0.15, 0.2) is 23.1 Å². The zero-order valence-electron chi connectivity index (χ0n) is 8.05. The number of ether oxygens (including phenoxy) is 1. The molecule has 1 rings (SSSR count). The molecular weight excluding hydrogens is 263 g/mol. The SMILES string of the molecule is Nc1ccc(SCCOC(F)(F)F)cc1Cl. The third-order valence-corrected chi connectivity index (χ3v) is 2.88. The third kappa shape index (κ3) is 4.96. The molecule has 1 aromatic rings. The van der Waals surface area contributed by atoms with Crippen molar-refractivity contribution in [3.05, 3.63) is 23.2 Å². The second kappa shape index (κ2) is 5.65. The van der Waals surface area contributed by atoms with E-state index >= 15 is 0 Å². The fourth-order valence-corrected chi connectivity index (χ4v) is 1.93. The smallest absolute Gasteiger partial charge is 0.398 e. The van der Waals surface area contributed by atoms with Crippen LogP contribution in [0, 0.1) is 0 Å². The number of alkyl halides is 3. The summed E-state index contributed by atoms with van der Waals surface area (Å²) in [6.45, 7) is -0.393. The molecule has 0 spiro atoms. The molecule has 0 atom stereocenters. The molecule has 0 amide bonds. The van der Waals surface area contributed by atoms with E-state index < -0.39 is 13.0 Å². The summed E-state index contributed by atoms with van der Waals surface area (Å²) < 4.78 is 38.5. The second-order valence-electron chi connectivity index (χ2n) is 2.83. The summed E-state index contributed by atoms with van der Waals surface area (Å²) in [5.74, 6) is 0.194. The van der Waals surface area contributed by atoms with E-state index in [1.54, 1.807) is 18.2 Å². The van der Waals surface area contributed by atoms with Crippen LogP contribution in [-0.2, 0) is 4.74 Å². The Labute approximate surface area is 99.9 Å². The first-order valence-electron chi connectivity index (χ1n) is 4.27. The molecule has 0 fully saturated rings. The summed E-state index contributed by atoms with van der Waals surface area (Å²) in [6, 6.07) is 4.91. The molecule has 1 aromatic carbocycles. The van der Waals surface area contributed by atoms with Crippen LogP contribution in [0.5, 0.6) is 0 Å². The van der Waals surface area contributed by atoms with Crippen molar-refractivity contribution < 1.29 is 17.9 Å². The van der Waals surface area contributed by atoms with Crippen LogP contribution in [0.4, 0.5) is 18.9 Å². The second-order valence-corrected chi connectivity index (χ2v) is 4.40. The number of nitrogen functional groups attached to an aromatic ring is 1. The lowest BCUT2D eigenvalue weighted by Gasteiger charge is -2.07. The topological polar surface area (TPSA) is 35.2 Å². The summed E-state index contributed by atoms with van der Waals surface area (Å²) in [4.78, 5) is 0.755. The molecule has 0 bridgehead atoms. The van der Waals surface area contributed by atoms with Gasteiger partial charge in [0.25, 0.3) is 0 Å². The highest BCUT2D eigenvalue weighted by atomic mass is 35.5. The van der Waals surface area contributed by atoms with Crippen LogP contribution < -0.4 is 5.73 Å². The minimum atomic E-state index is -4.57. The van der Waals surface area contributed by atoms with Crippen LogP contribution in [0.25, 0.3) is 0 Å². The van der Waals surface area contributed by atoms with Crippen LogP contribution in [0.2, 0.25) is 5.02 Å². The minimum absolute atomic E-state index is 0.194. The van der Waals surface area contributed by atoms with Gasteiger partial charge in [0.2, 0.25) is 0 Å². The maximum Gasteiger partial charge on any atom is 0.522 e. The summed E-state index contributed by atoms with van der Waals surface area (Å²) in [7, 11) is 0. The van der Waals surface area contributed by atoms with Gasteiger partial charge in [-0.2, -0.15) is 0 Å².